The Bertz CT molecular complexity index is 809. The molecule has 4 nitrogen and oxygen atoms in total. The topological polar surface area (TPSA) is 63.6 Å². The molecule has 0 bridgehead atoms. The summed E-state index contributed by atoms with van der Waals surface area (Å²) in [4.78, 5) is 24.1. The van der Waals surface area contributed by atoms with Crippen molar-refractivity contribution in [1.82, 2.24) is 0 Å². The first-order chi connectivity index (χ1) is 12.0. The molecule has 1 saturated carbocycles. The highest BCUT2D eigenvalue weighted by molar-refractivity contribution is 6.11. The van der Waals surface area contributed by atoms with Gasteiger partial charge in [0.2, 0.25) is 0 Å². The van der Waals surface area contributed by atoms with Crippen molar-refractivity contribution < 1.29 is 19.4 Å². The van der Waals surface area contributed by atoms with E-state index in [0.29, 0.717) is 36.1 Å². The van der Waals surface area contributed by atoms with Gasteiger partial charge in [-0.3, -0.25) is 9.59 Å². The second-order valence-corrected chi connectivity index (χ2v) is 6.66. The summed E-state index contributed by atoms with van der Waals surface area (Å²) in [5, 5.41) is 9.14. The third kappa shape index (κ3) is 3.58. The van der Waals surface area contributed by atoms with Gasteiger partial charge < -0.3 is 9.84 Å². The van der Waals surface area contributed by atoms with Crippen LogP contribution in [0.15, 0.2) is 42.5 Å². The van der Waals surface area contributed by atoms with Crippen LogP contribution in [0.2, 0.25) is 0 Å². The SMILES string of the molecule is Cc1cccc(C(=O)c2ccccc2OC2CCC(C(=O)O)C2)c1C. The van der Waals surface area contributed by atoms with E-state index in [9.17, 15) is 9.59 Å². The number of para-hydroxylation sites is 1. The van der Waals surface area contributed by atoms with Gasteiger partial charge in [0, 0.05) is 5.56 Å². The molecule has 3 rings (SSSR count). The fourth-order valence-electron chi connectivity index (χ4n) is 3.35. The smallest absolute Gasteiger partial charge is 0.306 e. The quantitative estimate of drug-likeness (QED) is 0.831. The summed E-state index contributed by atoms with van der Waals surface area (Å²) in [6.07, 6.45) is 1.64. The Labute approximate surface area is 147 Å². The number of aryl methyl sites for hydroxylation is 1. The van der Waals surface area contributed by atoms with Crippen LogP contribution in [-0.4, -0.2) is 23.0 Å². The Kier molecular flexibility index (Phi) is 4.88. The van der Waals surface area contributed by atoms with Crippen molar-refractivity contribution in [2.75, 3.05) is 0 Å². The van der Waals surface area contributed by atoms with Gasteiger partial charge in [-0.05, 0) is 56.4 Å². The number of benzene rings is 2. The predicted octanol–water partition coefficient (Wildman–Crippen LogP) is 4.17. The molecule has 25 heavy (non-hydrogen) atoms. The maximum absolute atomic E-state index is 13.0. The molecule has 1 aliphatic rings. The minimum atomic E-state index is -0.772. The van der Waals surface area contributed by atoms with Crippen LogP contribution in [0.3, 0.4) is 0 Å². The number of carbonyl (C=O) groups excluding carboxylic acids is 1. The van der Waals surface area contributed by atoms with E-state index in [2.05, 4.69) is 0 Å². The molecule has 2 aromatic rings. The molecule has 0 amide bonds. The number of hydrogen-bond acceptors (Lipinski definition) is 3. The fraction of sp³-hybridized carbons (Fsp3) is 0.333. The normalized spacial score (nSPS) is 19.6. The van der Waals surface area contributed by atoms with Crippen molar-refractivity contribution in [1.29, 1.82) is 0 Å². The Hall–Kier alpha value is -2.62. The number of aliphatic carboxylic acids is 1. The van der Waals surface area contributed by atoms with Crippen LogP contribution in [0.1, 0.15) is 46.3 Å². The molecule has 0 radical (unpaired) electrons. The molecule has 2 aromatic carbocycles. The molecule has 2 atom stereocenters. The number of rotatable bonds is 5. The van der Waals surface area contributed by atoms with Crippen LogP contribution in [0.25, 0.3) is 0 Å². The van der Waals surface area contributed by atoms with Gasteiger partial charge in [0.1, 0.15) is 5.75 Å². The van der Waals surface area contributed by atoms with Gasteiger partial charge in [-0.1, -0.05) is 30.3 Å². The molecule has 1 fully saturated rings. The molecule has 0 saturated heterocycles. The van der Waals surface area contributed by atoms with Crippen molar-refractivity contribution >= 4 is 11.8 Å². The highest BCUT2D eigenvalue weighted by atomic mass is 16.5. The molecule has 1 N–H and O–H groups in total. The third-order valence-corrected chi connectivity index (χ3v) is 5.01. The number of carboxylic acid groups (broad SMARTS) is 1. The summed E-state index contributed by atoms with van der Waals surface area (Å²) in [7, 11) is 0. The summed E-state index contributed by atoms with van der Waals surface area (Å²) >= 11 is 0. The van der Waals surface area contributed by atoms with Crippen LogP contribution in [0, 0.1) is 19.8 Å². The highest BCUT2D eigenvalue weighted by Crippen LogP contribution is 2.32. The van der Waals surface area contributed by atoms with Gasteiger partial charge in [0.25, 0.3) is 0 Å². The van der Waals surface area contributed by atoms with E-state index < -0.39 is 5.97 Å². The van der Waals surface area contributed by atoms with E-state index in [1.54, 1.807) is 12.1 Å². The monoisotopic (exact) mass is 338 g/mol. The Balaban J connectivity index is 1.85. The number of hydrogen-bond donors (Lipinski definition) is 1. The van der Waals surface area contributed by atoms with Gasteiger partial charge in [0.15, 0.2) is 5.78 Å². The molecule has 4 heteroatoms. The lowest BCUT2D eigenvalue weighted by Gasteiger charge is -2.17. The second-order valence-electron chi connectivity index (χ2n) is 6.66. The lowest BCUT2D eigenvalue weighted by atomic mass is 9.95. The van der Waals surface area contributed by atoms with Gasteiger partial charge in [0.05, 0.1) is 17.6 Å². The molecule has 0 aromatic heterocycles. The summed E-state index contributed by atoms with van der Waals surface area (Å²) in [6.45, 7) is 3.93. The average molecular weight is 338 g/mol. The molecule has 1 aliphatic carbocycles. The Morgan fingerprint density at radius 2 is 1.72 bits per heavy atom. The average Bonchev–Trinajstić information content (AvgIpc) is 3.06. The minimum Gasteiger partial charge on any atom is -0.490 e. The molecule has 2 unspecified atom stereocenters. The van der Waals surface area contributed by atoms with Crippen LogP contribution in [0.4, 0.5) is 0 Å². The molecule has 130 valence electrons. The van der Waals surface area contributed by atoms with Crippen LogP contribution < -0.4 is 4.74 Å². The summed E-state index contributed by atoms with van der Waals surface area (Å²) in [6, 6.07) is 12.9. The first-order valence-corrected chi connectivity index (χ1v) is 8.56. The van der Waals surface area contributed by atoms with Crippen molar-refractivity contribution in [2.45, 2.75) is 39.2 Å². The fourth-order valence-corrected chi connectivity index (χ4v) is 3.35. The number of carboxylic acids is 1. The summed E-state index contributed by atoms with van der Waals surface area (Å²) < 4.78 is 6.02. The number of carbonyl (C=O) groups is 2. The Morgan fingerprint density at radius 3 is 2.44 bits per heavy atom. The molecule has 0 aliphatic heterocycles. The third-order valence-electron chi connectivity index (χ3n) is 5.01. The zero-order valence-corrected chi connectivity index (χ0v) is 14.5. The largest absolute Gasteiger partial charge is 0.490 e. The van der Waals surface area contributed by atoms with E-state index in [-0.39, 0.29) is 17.8 Å². The van der Waals surface area contributed by atoms with Gasteiger partial charge in [-0.25, -0.2) is 0 Å². The van der Waals surface area contributed by atoms with E-state index in [4.69, 9.17) is 9.84 Å². The van der Waals surface area contributed by atoms with Crippen LogP contribution in [0.5, 0.6) is 5.75 Å². The predicted molar refractivity (Wildman–Crippen MR) is 95.2 cm³/mol. The highest BCUT2D eigenvalue weighted by Gasteiger charge is 2.31. The zero-order valence-electron chi connectivity index (χ0n) is 14.5. The van der Waals surface area contributed by atoms with Crippen molar-refractivity contribution in [3.05, 3.63) is 64.7 Å². The van der Waals surface area contributed by atoms with Gasteiger partial charge >= 0.3 is 5.97 Å². The van der Waals surface area contributed by atoms with Crippen LogP contribution >= 0.6 is 0 Å². The molecule has 0 spiro atoms. The lowest BCUT2D eigenvalue weighted by molar-refractivity contribution is -0.141. The molecular weight excluding hydrogens is 316 g/mol. The first-order valence-electron chi connectivity index (χ1n) is 8.56. The number of ether oxygens (including phenoxy) is 1. The second kappa shape index (κ2) is 7.09. The van der Waals surface area contributed by atoms with Crippen LogP contribution in [-0.2, 0) is 4.79 Å². The van der Waals surface area contributed by atoms with E-state index in [0.717, 1.165) is 11.1 Å². The standard InChI is InChI=1S/C21H22O4/c1-13-6-5-8-17(14(13)2)20(22)18-7-3-4-9-19(18)25-16-11-10-15(12-16)21(23)24/h3-9,15-16H,10-12H2,1-2H3,(H,23,24). The maximum Gasteiger partial charge on any atom is 0.306 e. The first kappa shape index (κ1) is 17.2. The van der Waals surface area contributed by atoms with E-state index >= 15 is 0 Å². The molecule has 0 heterocycles. The van der Waals surface area contributed by atoms with Gasteiger partial charge in [-0.15, -0.1) is 0 Å². The van der Waals surface area contributed by atoms with Crippen molar-refractivity contribution in [3.8, 4) is 5.75 Å². The van der Waals surface area contributed by atoms with Crippen molar-refractivity contribution in [2.24, 2.45) is 5.92 Å². The Morgan fingerprint density at radius 1 is 1.00 bits per heavy atom. The lowest BCUT2D eigenvalue weighted by Crippen LogP contribution is -2.17. The molecular formula is C21H22O4. The zero-order chi connectivity index (χ0) is 18.0. The van der Waals surface area contributed by atoms with Gasteiger partial charge in [-0.2, -0.15) is 0 Å². The van der Waals surface area contributed by atoms with E-state index in [1.165, 1.54) is 0 Å². The van der Waals surface area contributed by atoms with Crippen molar-refractivity contribution in [3.63, 3.8) is 0 Å². The minimum absolute atomic E-state index is 0.0652. The summed E-state index contributed by atoms with van der Waals surface area (Å²) in [5.41, 5.74) is 3.24. The number of ketones is 1. The van der Waals surface area contributed by atoms with E-state index in [1.807, 2.05) is 44.2 Å². The maximum atomic E-state index is 13.0. The summed E-state index contributed by atoms with van der Waals surface area (Å²) in [5.74, 6) is -0.660.